The normalized spacial score (nSPS) is 24.4. The van der Waals surface area contributed by atoms with Gasteiger partial charge >= 0.3 is 0 Å². The maximum Gasteiger partial charge on any atom is 0.226 e. The zero-order valence-corrected chi connectivity index (χ0v) is 11.0. The minimum atomic E-state index is 0.153. The minimum Gasteiger partial charge on any atom is -0.339 e. The van der Waals surface area contributed by atoms with Crippen molar-refractivity contribution in [1.82, 2.24) is 4.90 Å². The second kappa shape index (κ2) is 7.49. The van der Waals surface area contributed by atoms with Gasteiger partial charge in [0.1, 0.15) is 0 Å². The Morgan fingerprint density at radius 1 is 1.47 bits per heavy atom. The zero-order valence-electron chi connectivity index (χ0n) is 11.0. The summed E-state index contributed by atoms with van der Waals surface area (Å²) >= 11 is 0. The molecule has 0 aromatic carbocycles. The molecule has 1 fully saturated rings. The average molecular weight is 238 g/mol. The van der Waals surface area contributed by atoms with E-state index in [2.05, 4.69) is 13.5 Å². The predicted molar refractivity (Wildman–Crippen MR) is 71.6 cm³/mol. The summed E-state index contributed by atoms with van der Waals surface area (Å²) in [6, 6.07) is 0. The Hall–Kier alpha value is -0.830. The van der Waals surface area contributed by atoms with Crippen LogP contribution in [0.3, 0.4) is 0 Å². The maximum absolute atomic E-state index is 12.5. The summed E-state index contributed by atoms with van der Waals surface area (Å²) in [4.78, 5) is 14.4. The molecule has 0 bridgehead atoms. The Labute approximate surface area is 105 Å². The molecule has 1 amide bonds. The highest BCUT2D eigenvalue weighted by Gasteiger charge is 2.32. The van der Waals surface area contributed by atoms with Gasteiger partial charge in [0.05, 0.1) is 0 Å². The SMILES string of the molecule is C=CCN(CCC)C(=O)C1CCCCC1CN. The fourth-order valence-electron chi connectivity index (χ4n) is 2.77. The smallest absolute Gasteiger partial charge is 0.226 e. The lowest BCUT2D eigenvalue weighted by atomic mass is 9.78. The van der Waals surface area contributed by atoms with Gasteiger partial charge in [0.15, 0.2) is 0 Å². The fraction of sp³-hybridized carbons (Fsp3) is 0.786. The summed E-state index contributed by atoms with van der Waals surface area (Å²) in [5.41, 5.74) is 5.79. The van der Waals surface area contributed by atoms with Crippen molar-refractivity contribution < 1.29 is 4.79 Å². The van der Waals surface area contributed by atoms with Crippen LogP contribution in [0.1, 0.15) is 39.0 Å². The molecular weight excluding hydrogens is 212 g/mol. The first-order chi connectivity index (χ1) is 8.24. The third-order valence-corrected chi connectivity index (χ3v) is 3.68. The van der Waals surface area contributed by atoms with Crippen molar-refractivity contribution >= 4 is 5.91 Å². The number of carbonyl (C=O) groups excluding carboxylic acids is 1. The van der Waals surface area contributed by atoms with Gasteiger partial charge in [-0.3, -0.25) is 4.79 Å². The second-order valence-electron chi connectivity index (χ2n) is 4.96. The van der Waals surface area contributed by atoms with E-state index in [4.69, 9.17) is 5.73 Å². The number of nitrogens with zero attached hydrogens (tertiary/aromatic N) is 1. The van der Waals surface area contributed by atoms with E-state index < -0.39 is 0 Å². The molecule has 0 aromatic heterocycles. The Kier molecular flexibility index (Phi) is 6.27. The van der Waals surface area contributed by atoms with E-state index in [1.807, 2.05) is 11.0 Å². The van der Waals surface area contributed by atoms with E-state index in [1.165, 1.54) is 12.8 Å². The van der Waals surface area contributed by atoms with E-state index in [1.54, 1.807) is 0 Å². The van der Waals surface area contributed by atoms with Crippen molar-refractivity contribution in [3.63, 3.8) is 0 Å². The van der Waals surface area contributed by atoms with Gasteiger partial charge in [0, 0.05) is 19.0 Å². The molecular formula is C14H26N2O. The number of nitrogens with two attached hydrogens (primary N) is 1. The Morgan fingerprint density at radius 2 is 2.18 bits per heavy atom. The van der Waals surface area contributed by atoms with Gasteiger partial charge in [-0.2, -0.15) is 0 Å². The molecule has 3 nitrogen and oxygen atoms in total. The molecule has 0 aliphatic heterocycles. The van der Waals surface area contributed by atoms with Crippen molar-refractivity contribution in [2.45, 2.75) is 39.0 Å². The molecule has 17 heavy (non-hydrogen) atoms. The van der Waals surface area contributed by atoms with Crippen LogP contribution in [0.2, 0.25) is 0 Å². The zero-order chi connectivity index (χ0) is 12.7. The number of hydrogen-bond donors (Lipinski definition) is 1. The Balaban J connectivity index is 2.65. The summed E-state index contributed by atoms with van der Waals surface area (Å²) < 4.78 is 0. The minimum absolute atomic E-state index is 0.153. The lowest BCUT2D eigenvalue weighted by Crippen LogP contribution is -2.42. The van der Waals surface area contributed by atoms with Crippen LogP contribution in [0, 0.1) is 11.8 Å². The van der Waals surface area contributed by atoms with Crippen LogP contribution in [0.25, 0.3) is 0 Å². The summed E-state index contributed by atoms with van der Waals surface area (Å²) in [7, 11) is 0. The molecule has 1 aliphatic rings. The molecule has 2 unspecified atom stereocenters. The Bertz CT molecular complexity index is 253. The highest BCUT2D eigenvalue weighted by Crippen LogP contribution is 2.30. The van der Waals surface area contributed by atoms with Gasteiger partial charge in [-0.15, -0.1) is 6.58 Å². The van der Waals surface area contributed by atoms with E-state index in [0.717, 1.165) is 25.8 Å². The molecule has 0 heterocycles. The number of carbonyl (C=O) groups is 1. The van der Waals surface area contributed by atoms with Crippen LogP contribution >= 0.6 is 0 Å². The summed E-state index contributed by atoms with van der Waals surface area (Å²) in [5.74, 6) is 0.836. The number of amides is 1. The highest BCUT2D eigenvalue weighted by molar-refractivity contribution is 5.79. The van der Waals surface area contributed by atoms with Crippen molar-refractivity contribution in [3.05, 3.63) is 12.7 Å². The largest absolute Gasteiger partial charge is 0.339 e. The molecule has 1 saturated carbocycles. The summed E-state index contributed by atoms with van der Waals surface area (Å²) in [6.07, 6.45) is 7.33. The third-order valence-electron chi connectivity index (χ3n) is 3.68. The van der Waals surface area contributed by atoms with Crippen molar-refractivity contribution in [1.29, 1.82) is 0 Å². The second-order valence-corrected chi connectivity index (χ2v) is 4.96. The van der Waals surface area contributed by atoms with Crippen molar-refractivity contribution in [2.24, 2.45) is 17.6 Å². The average Bonchev–Trinajstić information content (AvgIpc) is 2.37. The molecule has 0 saturated heterocycles. The quantitative estimate of drug-likeness (QED) is 0.721. The van der Waals surface area contributed by atoms with Gasteiger partial charge in [-0.25, -0.2) is 0 Å². The lowest BCUT2D eigenvalue weighted by molar-refractivity contribution is -0.137. The molecule has 0 radical (unpaired) electrons. The first-order valence-corrected chi connectivity index (χ1v) is 6.84. The summed E-state index contributed by atoms with van der Waals surface area (Å²) in [6.45, 7) is 7.98. The van der Waals surface area contributed by atoms with Crippen molar-refractivity contribution in [3.8, 4) is 0 Å². The first kappa shape index (κ1) is 14.2. The van der Waals surface area contributed by atoms with Crippen LogP contribution in [-0.4, -0.2) is 30.4 Å². The molecule has 1 aliphatic carbocycles. The topological polar surface area (TPSA) is 46.3 Å². The number of hydrogen-bond acceptors (Lipinski definition) is 2. The monoisotopic (exact) mass is 238 g/mol. The molecule has 98 valence electrons. The van der Waals surface area contributed by atoms with E-state index in [0.29, 0.717) is 24.9 Å². The molecule has 3 heteroatoms. The third kappa shape index (κ3) is 3.84. The lowest BCUT2D eigenvalue weighted by Gasteiger charge is -2.33. The highest BCUT2D eigenvalue weighted by atomic mass is 16.2. The fourth-order valence-corrected chi connectivity index (χ4v) is 2.77. The van der Waals surface area contributed by atoms with Gasteiger partial charge < -0.3 is 10.6 Å². The molecule has 0 spiro atoms. The summed E-state index contributed by atoms with van der Waals surface area (Å²) in [5, 5.41) is 0. The van der Waals surface area contributed by atoms with Gasteiger partial charge in [-0.05, 0) is 31.7 Å². The van der Waals surface area contributed by atoms with E-state index in [9.17, 15) is 4.79 Å². The Morgan fingerprint density at radius 3 is 2.76 bits per heavy atom. The van der Waals surface area contributed by atoms with Crippen LogP contribution in [0.15, 0.2) is 12.7 Å². The van der Waals surface area contributed by atoms with Gasteiger partial charge in [0.2, 0.25) is 5.91 Å². The van der Waals surface area contributed by atoms with Crippen LogP contribution in [0.4, 0.5) is 0 Å². The molecule has 2 N–H and O–H groups in total. The van der Waals surface area contributed by atoms with E-state index >= 15 is 0 Å². The standard InChI is InChI=1S/C14H26N2O/c1-3-9-16(10-4-2)14(17)13-8-6-5-7-12(13)11-15/h3,12-13H,1,4-11,15H2,2H3. The van der Waals surface area contributed by atoms with Crippen LogP contribution in [-0.2, 0) is 4.79 Å². The van der Waals surface area contributed by atoms with E-state index in [-0.39, 0.29) is 5.92 Å². The van der Waals surface area contributed by atoms with Crippen molar-refractivity contribution in [2.75, 3.05) is 19.6 Å². The number of rotatable bonds is 6. The van der Waals surface area contributed by atoms with Gasteiger partial charge in [0.25, 0.3) is 0 Å². The first-order valence-electron chi connectivity index (χ1n) is 6.84. The van der Waals surface area contributed by atoms with Gasteiger partial charge in [-0.1, -0.05) is 25.8 Å². The van der Waals surface area contributed by atoms with Crippen LogP contribution in [0.5, 0.6) is 0 Å². The molecule has 0 aromatic rings. The maximum atomic E-state index is 12.5. The molecule has 2 atom stereocenters. The van der Waals surface area contributed by atoms with Crippen LogP contribution < -0.4 is 5.73 Å². The predicted octanol–water partition coefficient (Wildman–Crippen LogP) is 2.18. The molecule has 1 rings (SSSR count).